The maximum absolute atomic E-state index is 12.1. The molecule has 6 heteroatoms. The fourth-order valence-corrected chi connectivity index (χ4v) is 2.22. The summed E-state index contributed by atoms with van der Waals surface area (Å²) >= 11 is 0. The van der Waals surface area contributed by atoms with E-state index in [1.54, 1.807) is 6.92 Å². The van der Waals surface area contributed by atoms with Crippen molar-refractivity contribution in [1.82, 2.24) is 15.0 Å². The molecule has 0 aliphatic heterocycles. The molecule has 110 valence electrons. The van der Waals surface area contributed by atoms with E-state index in [0.717, 1.165) is 16.8 Å². The first-order chi connectivity index (χ1) is 9.86. The Hall–Kier alpha value is -2.50. The molecule has 0 spiro atoms. The van der Waals surface area contributed by atoms with Gasteiger partial charge in [0.25, 0.3) is 0 Å². The fourth-order valence-electron chi connectivity index (χ4n) is 2.22. The molecule has 1 aromatic heterocycles. The van der Waals surface area contributed by atoms with Gasteiger partial charge in [-0.3, -0.25) is 9.59 Å². The second kappa shape index (κ2) is 5.87. The molecule has 1 N–H and O–H groups in total. The predicted octanol–water partition coefficient (Wildman–Crippen LogP) is 2.04. The molecule has 0 radical (unpaired) electrons. The summed E-state index contributed by atoms with van der Waals surface area (Å²) in [5, 5.41) is 10.5. The Balaban J connectivity index is 2.10. The van der Waals surface area contributed by atoms with E-state index >= 15 is 0 Å². The largest absolute Gasteiger partial charge is 0.324 e. The first kappa shape index (κ1) is 14.9. The van der Waals surface area contributed by atoms with Crippen LogP contribution in [0.15, 0.2) is 18.2 Å². The minimum Gasteiger partial charge on any atom is -0.324 e. The normalized spacial score (nSPS) is 10.5. The quantitative estimate of drug-likeness (QED) is 0.873. The molecule has 6 nitrogen and oxygen atoms in total. The number of ketones is 1. The molecule has 0 aliphatic carbocycles. The van der Waals surface area contributed by atoms with E-state index in [-0.39, 0.29) is 18.2 Å². The van der Waals surface area contributed by atoms with Crippen molar-refractivity contribution in [1.29, 1.82) is 0 Å². The lowest BCUT2D eigenvalue weighted by Gasteiger charge is -2.08. The fraction of sp³-hybridized carbons (Fsp3) is 0.333. The molecule has 21 heavy (non-hydrogen) atoms. The van der Waals surface area contributed by atoms with Gasteiger partial charge < -0.3 is 5.32 Å². The van der Waals surface area contributed by atoms with Gasteiger partial charge in [0.15, 0.2) is 11.5 Å². The summed E-state index contributed by atoms with van der Waals surface area (Å²) in [6.07, 6.45) is 0. The average molecular weight is 286 g/mol. The molecular formula is C15H18N4O2. The van der Waals surface area contributed by atoms with Crippen LogP contribution < -0.4 is 5.32 Å². The molecule has 0 atom stereocenters. The summed E-state index contributed by atoms with van der Waals surface area (Å²) in [6, 6.07) is 5.84. The van der Waals surface area contributed by atoms with Crippen LogP contribution in [0.4, 0.5) is 5.69 Å². The molecule has 0 unspecified atom stereocenters. The van der Waals surface area contributed by atoms with Crippen molar-refractivity contribution in [3.05, 3.63) is 40.7 Å². The third-order valence-corrected chi connectivity index (χ3v) is 3.11. The zero-order chi connectivity index (χ0) is 15.6. The van der Waals surface area contributed by atoms with Gasteiger partial charge >= 0.3 is 0 Å². The van der Waals surface area contributed by atoms with E-state index < -0.39 is 0 Å². The first-order valence-corrected chi connectivity index (χ1v) is 6.66. The number of benzene rings is 1. The predicted molar refractivity (Wildman–Crippen MR) is 79.3 cm³/mol. The van der Waals surface area contributed by atoms with Crippen LogP contribution in [-0.4, -0.2) is 26.7 Å². The standard InChI is InChI=1S/C15H18N4O2/c1-9-5-10(2)7-13(6-9)16-14(21)8-19-11(3)15(12(4)20)17-18-19/h5-7H,8H2,1-4H3,(H,16,21). The van der Waals surface area contributed by atoms with Crippen LogP contribution in [0.1, 0.15) is 34.2 Å². The highest BCUT2D eigenvalue weighted by Gasteiger charge is 2.14. The van der Waals surface area contributed by atoms with Crippen LogP contribution in [0.3, 0.4) is 0 Å². The van der Waals surface area contributed by atoms with E-state index in [1.807, 2.05) is 32.0 Å². The van der Waals surface area contributed by atoms with Gasteiger partial charge in [0.1, 0.15) is 6.54 Å². The van der Waals surface area contributed by atoms with Crippen LogP contribution in [-0.2, 0) is 11.3 Å². The third kappa shape index (κ3) is 3.53. The van der Waals surface area contributed by atoms with Crippen molar-refractivity contribution in [2.75, 3.05) is 5.32 Å². The first-order valence-electron chi connectivity index (χ1n) is 6.66. The van der Waals surface area contributed by atoms with E-state index in [9.17, 15) is 9.59 Å². The molecular weight excluding hydrogens is 268 g/mol. The summed E-state index contributed by atoms with van der Waals surface area (Å²) in [4.78, 5) is 23.4. The number of nitrogens with one attached hydrogen (secondary N) is 1. The summed E-state index contributed by atoms with van der Waals surface area (Å²) in [5.74, 6) is -0.364. The van der Waals surface area contributed by atoms with Crippen molar-refractivity contribution >= 4 is 17.4 Å². The molecule has 2 aromatic rings. The Morgan fingerprint density at radius 3 is 2.29 bits per heavy atom. The minimum absolute atomic E-state index is 0.0269. The summed E-state index contributed by atoms with van der Waals surface area (Å²) in [7, 11) is 0. The number of anilines is 1. The highest BCUT2D eigenvalue weighted by molar-refractivity contribution is 5.93. The van der Waals surface area contributed by atoms with Crippen molar-refractivity contribution in [3.8, 4) is 0 Å². The van der Waals surface area contributed by atoms with Crippen molar-refractivity contribution in [3.63, 3.8) is 0 Å². The number of nitrogens with zero attached hydrogens (tertiary/aromatic N) is 3. The summed E-state index contributed by atoms with van der Waals surface area (Å²) in [6.45, 7) is 7.13. The van der Waals surface area contributed by atoms with Gasteiger partial charge in [0.05, 0.1) is 5.69 Å². The number of amides is 1. The lowest BCUT2D eigenvalue weighted by molar-refractivity contribution is -0.117. The Morgan fingerprint density at radius 2 is 1.76 bits per heavy atom. The smallest absolute Gasteiger partial charge is 0.246 e. The van der Waals surface area contributed by atoms with Gasteiger partial charge in [-0.25, -0.2) is 4.68 Å². The summed E-state index contributed by atoms with van der Waals surface area (Å²) < 4.78 is 1.43. The van der Waals surface area contributed by atoms with Crippen LogP contribution in [0.5, 0.6) is 0 Å². The zero-order valence-electron chi connectivity index (χ0n) is 12.6. The Morgan fingerprint density at radius 1 is 1.14 bits per heavy atom. The van der Waals surface area contributed by atoms with Gasteiger partial charge in [-0.05, 0) is 44.0 Å². The van der Waals surface area contributed by atoms with E-state index in [0.29, 0.717) is 11.4 Å². The lowest BCUT2D eigenvalue weighted by Crippen LogP contribution is -2.20. The average Bonchev–Trinajstić information content (AvgIpc) is 2.69. The number of hydrogen-bond acceptors (Lipinski definition) is 4. The van der Waals surface area contributed by atoms with Gasteiger partial charge in [-0.1, -0.05) is 11.3 Å². The molecule has 0 fully saturated rings. The van der Waals surface area contributed by atoms with E-state index in [4.69, 9.17) is 0 Å². The van der Waals surface area contributed by atoms with Crippen LogP contribution in [0.2, 0.25) is 0 Å². The van der Waals surface area contributed by atoms with E-state index in [2.05, 4.69) is 15.6 Å². The van der Waals surface area contributed by atoms with Crippen molar-refractivity contribution in [2.45, 2.75) is 34.2 Å². The highest BCUT2D eigenvalue weighted by Crippen LogP contribution is 2.14. The molecule has 0 bridgehead atoms. The lowest BCUT2D eigenvalue weighted by atomic mass is 10.1. The second-order valence-electron chi connectivity index (χ2n) is 5.16. The number of rotatable bonds is 4. The highest BCUT2D eigenvalue weighted by atomic mass is 16.2. The Bertz CT molecular complexity index is 683. The van der Waals surface area contributed by atoms with Crippen molar-refractivity contribution < 1.29 is 9.59 Å². The van der Waals surface area contributed by atoms with Crippen LogP contribution >= 0.6 is 0 Å². The Kier molecular flexibility index (Phi) is 4.16. The maximum Gasteiger partial charge on any atom is 0.246 e. The number of aryl methyl sites for hydroxylation is 2. The Labute approximate surface area is 123 Å². The molecule has 0 aliphatic rings. The molecule has 0 saturated heterocycles. The minimum atomic E-state index is -0.205. The van der Waals surface area contributed by atoms with E-state index in [1.165, 1.54) is 11.6 Å². The number of hydrogen-bond donors (Lipinski definition) is 1. The molecule has 2 rings (SSSR count). The topological polar surface area (TPSA) is 76.9 Å². The number of aromatic nitrogens is 3. The molecule has 0 saturated carbocycles. The summed E-state index contributed by atoms with van der Waals surface area (Å²) in [5.41, 5.74) is 3.82. The number of carbonyl (C=O) groups is 2. The monoisotopic (exact) mass is 286 g/mol. The second-order valence-corrected chi connectivity index (χ2v) is 5.16. The number of Topliss-reactive ketones (excluding diaryl/α,β-unsaturated/α-hetero) is 1. The van der Waals surface area contributed by atoms with Gasteiger partial charge in [0.2, 0.25) is 5.91 Å². The van der Waals surface area contributed by atoms with Gasteiger partial charge in [-0.15, -0.1) is 5.10 Å². The SMILES string of the molecule is CC(=O)c1nnn(CC(=O)Nc2cc(C)cc(C)c2)c1C. The third-order valence-electron chi connectivity index (χ3n) is 3.11. The van der Waals surface area contributed by atoms with Crippen LogP contribution in [0, 0.1) is 20.8 Å². The van der Waals surface area contributed by atoms with Gasteiger partial charge in [0, 0.05) is 12.6 Å². The number of carbonyl (C=O) groups excluding carboxylic acids is 2. The van der Waals surface area contributed by atoms with Crippen molar-refractivity contribution in [2.24, 2.45) is 0 Å². The zero-order valence-corrected chi connectivity index (χ0v) is 12.6. The van der Waals surface area contributed by atoms with Gasteiger partial charge in [-0.2, -0.15) is 0 Å². The molecule has 1 heterocycles. The molecule has 1 amide bonds. The molecule has 1 aromatic carbocycles. The maximum atomic E-state index is 12.1. The van der Waals surface area contributed by atoms with Crippen LogP contribution in [0.25, 0.3) is 0 Å².